The molecule has 0 radical (unpaired) electrons. The van der Waals surface area contributed by atoms with E-state index in [0.29, 0.717) is 0 Å². The minimum atomic E-state index is -1.98. The zero-order chi connectivity index (χ0) is 16.8. The van der Waals surface area contributed by atoms with E-state index in [0.717, 1.165) is 35.8 Å². The summed E-state index contributed by atoms with van der Waals surface area (Å²) in [7, 11) is 0.0745. The van der Waals surface area contributed by atoms with E-state index in [4.69, 9.17) is 8.85 Å². The maximum atomic E-state index is 5.68. The second-order valence-electron chi connectivity index (χ2n) is 7.22. The number of rotatable bonds is 10. The highest BCUT2D eigenvalue weighted by Gasteiger charge is 2.48. The Morgan fingerprint density at radius 1 is 0.857 bits per heavy atom. The molecule has 21 heavy (non-hydrogen) atoms. The third-order valence-electron chi connectivity index (χ3n) is 5.40. The van der Waals surface area contributed by atoms with Crippen molar-refractivity contribution in [1.29, 1.82) is 0 Å². The second-order valence-corrected chi connectivity index (χ2v) is 16.7. The first-order valence-electron chi connectivity index (χ1n) is 8.47. The minimum absolute atomic E-state index is 0.760. The Balaban J connectivity index is 5.35. The van der Waals surface area contributed by atoms with Gasteiger partial charge in [-0.15, -0.1) is 0 Å². The monoisotopic (exact) mass is 333 g/mol. The SMILES string of the molecule is CCN(CC[Si](C)(OC)OC)[Si](C(C)C)(C(C)C)C(C)C. The van der Waals surface area contributed by atoms with Crippen LogP contribution in [0.5, 0.6) is 0 Å². The molecule has 0 saturated heterocycles. The third kappa shape index (κ3) is 4.64. The van der Waals surface area contributed by atoms with Crippen LogP contribution in [0.15, 0.2) is 0 Å². The molecule has 0 unspecified atom stereocenters. The molecule has 0 aromatic rings. The van der Waals surface area contributed by atoms with Crippen molar-refractivity contribution in [3.63, 3.8) is 0 Å². The summed E-state index contributed by atoms with van der Waals surface area (Å²) in [6, 6.07) is 1.05. The molecule has 0 aliphatic heterocycles. The molecule has 0 saturated carbocycles. The van der Waals surface area contributed by atoms with Crippen LogP contribution < -0.4 is 0 Å². The van der Waals surface area contributed by atoms with Crippen LogP contribution in [0.3, 0.4) is 0 Å². The van der Waals surface area contributed by atoms with Gasteiger partial charge < -0.3 is 13.4 Å². The van der Waals surface area contributed by atoms with Crippen molar-refractivity contribution in [3.8, 4) is 0 Å². The lowest BCUT2D eigenvalue weighted by molar-refractivity contribution is 0.244. The first-order chi connectivity index (χ1) is 9.62. The van der Waals surface area contributed by atoms with E-state index in [1.807, 2.05) is 0 Å². The smallest absolute Gasteiger partial charge is 0.335 e. The molecular weight excluding hydrogens is 294 g/mol. The number of hydrogen-bond acceptors (Lipinski definition) is 3. The van der Waals surface area contributed by atoms with Crippen LogP contribution in [0.4, 0.5) is 0 Å². The standard InChI is InChI=1S/C16H39NO2Si2/c1-11-17(12-13-20(10,18-8)19-9)21(14(2)3,15(4)5)16(6)7/h14-16H,11-13H2,1-10H3. The van der Waals surface area contributed by atoms with E-state index in [1.165, 1.54) is 0 Å². The predicted octanol–water partition coefficient (Wildman–Crippen LogP) is 4.85. The lowest BCUT2D eigenvalue weighted by Gasteiger charge is -2.51. The summed E-state index contributed by atoms with van der Waals surface area (Å²) in [5.41, 5.74) is 2.28. The van der Waals surface area contributed by atoms with Gasteiger partial charge in [-0.1, -0.05) is 48.5 Å². The predicted molar refractivity (Wildman–Crippen MR) is 98.7 cm³/mol. The molecule has 0 aliphatic rings. The fourth-order valence-corrected chi connectivity index (χ4v) is 13.1. The molecule has 5 heteroatoms. The fraction of sp³-hybridized carbons (Fsp3) is 1.00. The van der Waals surface area contributed by atoms with Crippen molar-refractivity contribution in [3.05, 3.63) is 0 Å². The molecular formula is C16H39NO2Si2. The average molecular weight is 334 g/mol. The molecule has 0 amide bonds. The van der Waals surface area contributed by atoms with Crippen molar-refractivity contribution in [2.24, 2.45) is 0 Å². The van der Waals surface area contributed by atoms with Gasteiger partial charge in [-0.25, -0.2) is 0 Å². The minimum Gasteiger partial charge on any atom is -0.398 e. The van der Waals surface area contributed by atoms with Gasteiger partial charge >= 0.3 is 8.56 Å². The van der Waals surface area contributed by atoms with Gasteiger partial charge in [-0.3, -0.25) is 0 Å². The molecule has 3 nitrogen and oxygen atoms in total. The van der Waals surface area contributed by atoms with Gasteiger partial charge in [0.2, 0.25) is 0 Å². The molecule has 0 aromatic carbocycles. The molecule has 128 valence electrons. The zero-order valence-corrected chi connectivity index (χ0v) is 18.1. The first kappa shape index (κ1) is 21.3. The second kappa shape index (κ2) is 8.82. The Hall–Kier alpha value is 0.314. The van der Waals surface area contributed by atoms with Gasteiger partial charge in [0.25, 0.3) is 0 Å². The first-order valence-corrected chi connectivity index (χ1v) is 13.2. The lowest BCUT2D eigenvalue weighted by atomic mass is 10.5. The number of hydrogen-bond donors (Lipinski definition) is 0. The third-order valence-corrected chi connectivity index (χ3v) is 15.4. The molecule has 0 rings (SSSR count). The number of nitrogens with zero attached hydrogens (tertiary/aromatic N) is 1. The van der Waals surface area contributed by atoms with Gasteiger partial charge in [-0.05, 0) is 36.3 Å². The van der Waals surface area contributed by atoms with Crippen molar-refractivity contribution in [2.75, 3.05) is 27.3 Å². The molecule has 0 heterocycles. The van der Waals surface area contributed by atoms with E-state index in [9.17, 15) is 0 Å². The molecule has 0 bridgehead atoms. The van der Waals surface area contributed by atoms with Crippen molar-refractivity contribution < 1.29 is 8.85 Å². The summed E-state index contributed by atoms with van der Waals surface area (Å²) in [4.78, 5) is 0. The zero-order valence-electron chi connectivity index (χ0n) is 16.1. The van der Waals surface area contributed by atoms with Crippen LogP contribution in [0.2, 0.25) is 29.2 Å². The van der Waals surface area contributed by atoms with E-state index in [1.54, 1.807) is 14.2 Å². The summed E-state index contributed by atoms with van der Waals surface area (Å²) in [6.07, 6.45) is 0. The van der Waals surface area contributed by atoms with Crippen LogP contribution in [0.1, 0.15) is 48.5 Å². The van der Waals surface area contributed by atoms with Gasteiger partial charge in [0.15, 0.2) is 0 Å². The van der Waals surface area contributed by atoms with Crippen molar-refractivity contribution in [1.82, 2.24) is 4.57 Å². The summed E-state index contributed by atoms with van der Waals surface area (Å²) in [5.74, 6) is 0. The Bertz CT molecular complexity index is 270. The Morgan fingerprint density at radius 2 is 1.24 bits per heavy atom. The Kier molecular flexibility index (Phi) is 8.95. The highest BCUT2D eigenvalue weighted by molar-refractivity contribution is 6.81. The van der Waals surface area contributed by atoms with Crippen LogP contribution in [-0.2, 0) is 8.85 Å². The van der Waals surface area contributed by atoms with E-state index in [2.05, 4.69) is 59.6 Å². The maximum absolute atomic E-state index is 5.68. The van der Waals surface area contributed by atoms with Crippen LogP contribution in [0.25, 0.3) is 0 Å². The Labute approximate surface area is 135 Å². The lowest BCUT2D eigenvalue weighted by Crippen LogP contribution is -2.61. The summed E-state index contributed by atoms with van der Waals surface area (Å²) >= 11 is 0. The topological polar surface area (TPSA) is 21.7 Å². The molecule has 0 N–H and O–H groups in total. The average Bonchev–Trinajstić information content (AvgIpc) is 2.41. The van der Waals surface area contributed by atoms with E-state index in [-0.39, 0.29) is 0 Å². The van der Waals surface area contributed by atoms with Gasteiger partial charge in [-0.2, -0.15) is 0 Å². The van der Waals surface area contributed by atoms with Crippen molar-refractivity contribution in [2.45, 2.75) is 77.7 Å². The van der Waals surface area contributed by atoms with Gasteiger partial charge in [0.1, 0.15) is 8.24 Å². The highest BCUT2D eigenvalue weighted by Crippen LogP contribution is 2.44. The summed E-state index contributed by atoms with van der Waals surface area (Å²) in [5, 5.41) is 0. The Morgan fingerprint density at radius 3 is 1.48 bits per heavy atom. The van der Waals surface area contributed by atoms with Gasteiger partial charge in [0.05, 0.1) is 0 Å². The summed E-state index contributed by atoms with van der Waals surface area (Å²) < 4.78 is 14.2. The maximum Gasteiger partial charge on any atom is 0.335 e. The fourth-order valence-electron chi connectivity index (χ4n) is 4.35. The molecule has 0 aromatic heterocycles. The quantitative estimate of drug-likeness (QED) is 0.533. The van der Waals surface area contributed by atoms with E-state index < -0.39 is 16.8 Å². The van der Waals surface area contributed by atoms with Crippen LogP contribution in [0, 0.1) is 0 Å². The van der Waals surface area contributed by atoms with Gasteiger partial charge in [0, 0.05) is 20.3 Å². The van der Waals surface area contributed by atoms with Crippen molar-refractivity contribution >= 4 is 16.8 Å². The molecule has 0 atom stereocenters. The van der Waals surface area contributed by atoms with Crippen LogP contribution in [-0.4, -0.2) is 48.7 Å². The molecule has 0 aliphatic carbocycles. The van der Waals surface area contributed by atoms with Crippen LogP contribution >= 0.6 is 0 Å². The normalized spacial score (nSPS) is 14.0. The highest BCUT2D eigenvalue weighted by atomic mass is 28.4. The molecule has 0 fully saturated rings. The summed E-state index contributed by atoms with van der Waals surface area (Å²) in [6.45, 7) is 21.3. The molecule has 0 spiro atoms. The van der Waals surface area contributed by atoms with E-state index >= 15 is 0 Å². The largest absolute Gasteiger partial charge is 0.398 e.